The van der Waals surface area contributed by atoms with E-state index >= 15 is 0 Å². The van der Waals surface area contributed by atoms with E-state index in [1.807, 2.05) is 0 Å². The molecule has 1 aromatic carbocycles. The number of hydrogen-bond donors (Lipinski definition) is 1. The molecule has 0 aliphatic heterocycles. The Balaban J connectivity index is 1.33. The second kappa shape index (κ2) is 10.9. The van der Waals surface area contributed by atoms with Crippen LogP contribution in [0.15, 0.2) is 12.1 Å². The minimum atomic E-state index is 0.117. The van der Waals surface area contributed by atoms with E-state index in [9.17, 15) is 0 Å². The van der Waals surface area contributed by atoms with Gasteiger partial charge in [0.15, 0.2) is 0 Å². The van der Waals surface area contributed by atoms with Crippen molar-refractivity contribution in [3.8, 4) is 0 Å². The first-order chi connectivity index (χ1) is 15.3. The third-order valence-electron chi connectivity index (χ3n) is 8.88. The number of nitrogen functional groups attached to an aromatic ring is 1. The van der Waals surface area contributed by atoms with Gasteiger partial charge in [0.05, 0.1) is 0 Å². The summed E-state index contributed by atoms with van der Waals surface area (Å²) in [5.74, 6) is 0. The Labute approximate surface area is 194 Å². The van der Waals surface area contributed by atoms with Gasteiger partial charge in [0, 0.05) is 0 Å². The molecule has 2 N–H and O–H groups in total. The molecule has 4 aliphatic rings. The van der Waals surface area contributed by atoms with Gasteiger partial charge in [-0.1, -0.05) is 72.9 Å². The fraction of sp³-hybridized carbons (Fsp3) is 0.786. The molecule has 0 radical (unpaired) electrons. The monoisotopic (exact) mass is 456 g/mol. The molecule has 0 atom stereocenters. The topological polar surface area (TPSA) is 26.0 Å². The molecule has 0 amide bonds. The van der Waals surface area contributed by atoms with Crippen LogP contribution in [0, 0.1) is 6.07 Å². The number of anilines is 1. The highest BCUT2D eigenvalue weighted by Gasteiger charge is 2.33. The predicted octanol–water partition coefficient (Wildman–Crippen LogP) is 8.80. The maximum atomic E-state index is 6.52. The zero-order valence-electron chi connectivity index (χ0n) is 19.7. The normalized spacial score (nSPS) is 24.5. The van der Waals surface area contributed by atoms with Crippen molar-refractivity contribution in [3.63, 3.8) is 0 Å². The quantitative estimate of drug-likeness (QED) is 0.236. The third kappa shape index (κ3) is 5.69. The largest absolute Gasteiger partial charge is 0.419 e. The summed E-state index contributed by atoms with van der Waals surface area (Å²) in [6.45, 7) is 0. The second-order valence-electron chi connectivity index (χ2n) is 11.1. The average molecular weight is 457 g/mol. The summed E-state index contributed by atoms with van der Waals surface area (Å²) in [5, 5.41) is 0. The maximum Gasteiger partial charge on any atom is -0.0204 e. The molecular weight excluding hydrogens is 412 g/mol. The molecule has 1 aromatic rings. The van der Waals surface area contributed by atoms with Crippen molar-refractivity contribution in [2.75, 3.05) is 5.73 Å². The van der Waals surface area contributed by atoms with Crippen molar-refractivity contribution in [1.29, 1.82) is 0 Å². The summed E-state index contributed by atoms with van der Waals surface area (Å²) in [6.07, 6.45) is 26.5. The Hall–Kier alpha value is -0.120. The van der Waals surface area contributed by atoms with Gasteiger partial charge in [0.25, 0.3) is 0 Å². The summed E-state index contributed by atoms with van der Waals surface area (Å²) in [4.78, 5) is 0. The van der Waals surface area contributed by atoms with Crippen LogP contribution in [0.4, 0.5) is 5.69 Å². The molecule has 1 nitrogen and oxygen atoms in total. The van der Waals surface area contributed by atoms with Crippen LogP contribution in [-0.4, -0.2) is 22.6 Å². The summed E-state index contributed by atoms with van der Waals surface area (Å²) in [6, 6.07) is 8.60. The van der Waals surface area contributed by atoms with E-state index in [0.717, 1.165) is 28.3 Å². The van der Waals surface area contributed by atoms with Gasteiger partial charge in [0.2, 0.25) is 0 Å². The zero-order valence-corrected chi connectivity index (χ0v) is 21.5. The summed E-state index contributed by atoms with van der Waals surface area (Å²) in [7, 11) is 0.234. The van der Waals surface area contributed by atoms with Crippen molar-refractivity contribution in [1.82, 2.24) is 0 Å². The van der Waals surface area contributed by atoms with E-state index in [-0.39, 0.29) is 15.8 Å². The summed E-state index contributed by atoms with van der Waals surface area (Å²) >= 11 is 0. The van der Waals surface area contributed by atoms with Gasteiger partial charge in [0.1, 0.15) is 0 Å². The highest BCUT2D eigenvalue weighted by Crippen LogP contribution is 2.60. The van der Waals surface area contributed by atoms with Gasteiger partial charge in [-0.05, 0) is 86.3 Å². The molecule has 0 aromatic heterocycles. The van der Waals surface area contributed by atoms with Crippen LogP contribution >= 0.6 is 15.8 Å². The third-order valence-corrected chi connectivity index (χ3v) is 16.1. The van der Waals surface area contributed by atoms with Crippen molar-refractivity contribution in [2.45, 2.75) is 138 Å². The van der Waals surface area contributed by atoms with E-state index in [4.69, 9.17) is 5.73 Å². The Kier molecular flexibility index (Phi) is 7.95. The SMILES string of the molecule is Nc1cc(CP(C2CCCC2)C2CCCC2)[c-]c(CP(C2CCCC2)C2CCCC2)c1. The van der Waals surface area contributed by atoms with Crippen LogP contribution in [-0.2, 0) is 12.3 Å². The summed E-state index contributed by atoms with van der Waals surface area (Å²) < 4.78 is 0. The van der Waals surface area contributed by atoms with Crippen molar-refractivity contribution < 1.29 is 0 Å². The number of nitrogens with two attached hydrogens (primary N) is 1. The van der Waals surface area contributed by atoms with Crippen molar-refractivity contribution in [3.05, 3.63) is 29.3 Å². The van der Waals surface area contributed by atoms with E-state index in [2.05, 4.69) is 18.2 Å². The summed E-state index contributed by atoms with van der Waals surface area (Å²) in [5.41, 5.74) is 14.6. The first kappa shape index (κ1) is 22.7. The number of rotatable bonds is 8. The first-order valence-electron chi connectivity index (χ1n) is 13.6. The van der Waals surface area contributed by atoms with Crippen molar-refractivity contribution in [2.24, 2.45) is 0 Å². The average Bonchev–Trinajstić information content (AvgIpc) is 3.59. The molecule has 0 saturated heterocycles. The lowest BCUT2D eigenvalue weighted by Gasteiger charge is -2.34. The van der Waals surface area contributed by atoms with E-state index in [1.54, 1.807) is 0 Å². The molecule has 0 spiro atoms. The first-order valence-corrected chi connectivity index (χ1v) is 16.9. The van der Waals surface area contributed by atoms with Crippen LogP contribution in [0.3, 0.4) is 0 Å². The van der Waals surface area contributed by atoms with Gasteiger partial charge in [-0.3, -0.25) is 0 Å². The van der Waals surface area contributed by atoms with E-state index < -0.39 is 0 Å². The molecule has 31 heavy (non-hydrogen) atoms. The minimum absolute atomic E-state index is 0.117. The Morgan fingerprint density at radius 3 is 1.16 bits per heavy atom. The smallest absolute Gasteiger partial charge is 0.0204 e. The van der Waals surface area contributed by atoms with Crippen LogP contribution in [0.25, 0.3) is 0 Å². The lowest BCUT2D eigenvalue weighted by molar-refractivity contribution is 0.821. The molecular formula is C28H44NP2-. The van der Waals surface area contributed by atoms with Crippen LogP contribution in [0.2, 0.25) is 0 Å². The molecule has 4 saturated carbocycles. The molecule has 0 unspecified atom stereocenters. The van der Waals surface area contributed by atoms with Crippen LogP contribution in [0.1, 0.15) is 114 Å². The lowest BCUT2D eigenvalue weighted by Crippen LogP contribution is -2.13. The Morgan fingerprint density at radius 2 is 0.871 bits per heavy atom. The zero-order chi connectivity index (χ0) is 21.0. The molecule has 4 aliphatic carbocycles. The number of benzene rings is 1. The fourth-order valence-electron chi connectivity index (χ4n) is 7.34. The fourth-order valence-corrected chi connectivity index (χ4v) is 14.8. The molecule has 5 rings (SSSR count). The van der Waals surface area contributed by atoms with Gasteiger partial charge < -0.3 is 5.73 Å². The second-order valence-corrected chi connectivity index (χ2v) is 16.7. The highest BCUT2D eigenvalue weighted by molar-refractivity contribution is 7.58. The van der Waals surface area contributed by atoms with Crippen LogP contribution < -0.4 is 5.73 Å². The standard InChI is InChI=1S/C28H44NP2/c29-24-18-22(20-30(25-9-1-2-10-25)26-11-3-4-12-26)17-23(19-24)21-31(27-13-5-6-14-27)28-15-7-8-16-28/h18-19,25-28H,1-16,20-21,29H2/q-1. The lowest BCUT2D eigenvalue weighted by atomic mass is 10.1. The molecule has 0 bridgehead atoms. The van der Waals surface area contributed by atoms with Crippen molar-refractivity contribution >= 4 is 21.5 Å². The molecule has 4 fully saturated rings. The Bertz CT molecular complexity index is 607. The molecule has 0 heterocycles. The Morgan fingerprint density at radius 1 is 0.581 bits per heavy atom. The van der Waals surface area contributed by atoms with Gasteiger partial charge >= 0.3 is 0 Å². The van der Waals surface area contributed by atoms with Gasteiger partial charge in [-0.25, -0.2) is 0 Å². The molecule has 172 valence electrons. The van der Waals surface area contributed by atoms with E-state index in [0.29, 0.717) is 0 Å². The van der Waals surface area contributed by atoms with Gasteiger partial charge in [-0.2, -0.15) is 17.2 Å². The van der Waals surface area contributed by atoms with E-state index in [1.165, 1.54) is 126 Å². The predicted molar refractivity (Wildman–Crippen MR) is 140 cm³/mol. The molecule has 3 heteroatoms. The van der Waals surface area contributed by atoms with Gasteiger partial charge in [-0.15, -0.1) is 12.1 Å². The highest BCUT2D eigenvalue weighted by atomic mass is 31.1. The van der Waals surface area contributed by atoms with Crippen LogP contribution in [0.5, 0.6) is 0 Å². The maximum absolute atomic E-state index is 6.52. The number of hydrogen-bond acceptors (Lipinski definition) is 1. The minimum Gasteiger partial charge on any atom is -0.419 e.